The van der Waals surface area contributed by atoms with Crippen molar-refractivity contribution in [2.75, 3.05) is 13.2 Å². The maximum absolute atomic E-state index is 13.5. The lowest BCUT2D eigenvalue weighted by Gasteiger charge is -2.21. The van der Waals surface area contributed by atoms with Crippen LogP contribution in [0.3, 0.4) is 0 Å². The summed E-state index contributed by atoms with van der Waals surface area (Å²) in [6.07, 6.45) is 0.360. The van der Waals surface area contributed by atoms with Crippen molar-refractivity contribution in [3.63, 3.8) is 0 Å². The maximum atomic E-state index is 13.5. The van der Waals surface area contributed by atoms with E-state index in [0.29, 0.717) is 6.61 Å². The normalized spacial score (nSPS) is 20.5. The van der Waals surface area contributed by atoms with E-state index in [9.17, 15) is 18.7 Å². The van der Waals surface area contributed by atoms with E-state index in [-0.39, 0.29) is 18.7 Å². The van der Waals surface area contributed by atoms with E-state index < -0.39 is 29.3 Å². The Morgan fingerprint density at radius 2 is 2.14 bits per heavy atom. The molecule has 1 aromatic rings. The molecule has 0 saturated carbocycles. The van der Waals surface area contributed by atoms with Crippen LogP contribution in [0.25, 0.3) is 0 Å². The van der Waals surface area contributed by atoms with E-state index in [1.165, 1.54) is 6.07 Å². The summed E-state index contributed by atoms with van der Waals surface area (Å²) in [5, 5.41) is 14.9. The van der Waals surface area contributed by atoms with E-state index in [2.05, 4.69) is 10.6 Å². The molecule has 1 saturated heterocycles. The smallest absolute Gasteiger partial charge is 0.315 e. The first kappa shape index (κ1) is 16.6. The van der Waals surface area contributed by atoms with Crippen LogP contribution in [0, 0.1) is 11.6 Å². The quantitative estimate of drug-likeness (QED) is 0.777. The molecule has 1 aliphatic heterocycles. The van der Waals surface area contributed by atoms with Gasteiger partial charge in [0.1, 0.15) is 17.7 Å². The van der Waals surface area contributed by atoms with Gasteiger partial charge in [-0.3, -0.25) is 0 Å². The molecular formula is C15H20F2N2O3. The van der Waals surface area contributed by atoms with Crippen LogP contribution in [-0.4, -0.2) is 36.4 Å². The molecule has 1 heterocycles. The Hall–Kier alpha value is -1.73. The molecule has 5 nitrogen and oxygen atoms in total. The predicted molar refractivity (Wildman–Crippen MR) is 76.3 cm³/mol. The third-order valence-corrected chi connectivity index (χ3v) is 3.67. The summed E-state index contributed by atoms with van der Waals surface area (Å²) in [6, 6.07) is 2.64. The van der Waals surface area contributed by atoms with Gasteiger partial charge in [0, 0.05) is 13.2 Å². The molecule has 0 radical (unpaired) electrons. The van der Waals surface area contributed by atoms with Gasteiger partial charge < -0.3 is 20.5 Å². The van der Waals surface area contributed by atoms with E-state index in [4.69, 9.17) is 4.74 Å². The van der Waals surface area contributed by atoms with Crippen LogP contribution in [-0.2, 0) is 4.74 Å². The summed E-state index contributed by atoms with van der Waals surface area (Å²) in [7, 11) is 0. The molecule has 22 heavy (non-hydrogen) atoms. The van der Waals surface area contributed by atoms with Crippen LogP contribution in [0.4, 0.5) is 13.6 Å². The van der Waals surface area contributed by atoms with Gasteiger partial charge in [0.15, 0.2) is 0 Å². The third kappa shape index (κ3) is 4.14. The molecule has 0 aromatic heterocycles. The summed E-state index contributed by atoms with van der Waals surface area (Å²) in [5.74, 6) is -1.69. The highest BCUT2D eigenvalue weighted by Gasteiger charge is 2.24. The second-order valence-corrected chi connectivity index (χ2v) is 5.35. The van der Waals surface area contributed by atoms with Gasteiger partial charge in [0.2, 0.25) is 0 Å². The third-order valence-electron chi connectivity index (χ3n) is 3.67. The lowest BCUT2D eigenvalue weighted by atomic mass is 10.1. The second kappa shape index (κ2) is 7.51. The van der Waals surface area contributed by atoms with E-state index in [1.807, 2.05) is 6.92 Å². The number of carbonyl (C=O) groups excluding carboxylic acids is 1. The molecule has 0 aliphatic carbocycles. The maximum Gasteiger partial charge on any atom is 0.315 e. The lowest BCUT2D eigenvalue weighted by molar-refractivity contribution is 0.0856. The zero-order valence-corrected chi connectivity index (χ0v) is 12.3. The summed E-state index contributed by atoms with van der Waals surface area (Å²) in [6.45, 7) is 2.22. The van der Waals surface area contributed by atoms with E-state index >= 15 is 0 Å². The molecule has 1 aliphatic rings. The van der Waals surface area contributed by atoms with E-state index in [0.717, 1.165) is 25.0 Å². The van der Waals surface area contributed by atoms with Crippen molar-refractivity contribution in [3.8, 4) is 0 Å². The van der Waals surface area contributed by atoms with Gasteiger partial charge in [0.25, 0.3) is 0 Å². The van der Waals surface area contributed by atoms with Crippen LogP contribution in [0.2, 0.25) is 0 Å². The number of hydrogen-bond acceptors (Lipinski definition) is 3. The minimum atomic E-state index is -1.45. The number of rotatable bonds is 5. The first-order valence-corrected chi connectivity index (χ1v) is 7.27. The summed E-state index contributed by atoms with van der Waals surface area (Å²) in [5.41, 5.74) is -0.449. The molecule has 2 amide bonds. The van der Waals surface area contributed by atoms with Crippen LogP contribution >= 0.6 is 0 Å². The number of urea groups is 1. The van der Waals surface area contributed by atoms with Crippen molar-refractivity contribution in [1.82, 2.24) is 10.6 Å². The SMILES string of the molecule is CC(NC(=O)NCC(O)c1c(F)cccc1F)C1CCCO1. The van der Waals surface area contributed by atoms with Gasteiger partial charge in [-0.1, -0.05) is 6.07 Å². The monoisotopic (exact) mass is 314 g/mol. The van der Waals surface area contributed by atoms with Crippen LogP contribution < -0.4 is 10.6 Å². The number of aliphatic hydroxyl groups is 1. The van der Waals surface area contributed by atoms with Crippen molar-refractivity contribution in [2.24, 2.45) is 0 Å². The zero-order valence-electron chi connectivity index (χ0n) is 12.3. The van der Waals surface area contributed by atoms with Crippen molar-refractivity contribution >= 4 is 6.03 Å². The Labute approximate surface area is 127 Å². The number of benzene rings is 1. The van der Waals surface area contributed by atoms with Crippen molar-refractivity contribution in [2.45, 2.75) is 38.0 Å². The zero-order chi connectivity index (χ0) is 16.1. The first-order valence-electron chi connectivity index (χ1n) is 7.27. The average molecular weight is 314 g/mol. The Morgan fingerprint density at radius 3 is 2.73 bits per heavy atom. The number of nitrogens with one attached hydrogen (secondary N) is 2. The summed E-state index contributed by atoms with van der Waals surface area (Å²) < 4.78 is 32.4. The largest absolute Gasteiger partial charge is 0.386 e. The minimum Gasteiger partial charge on any atom is -0.386 e. The predicted octanol–water partition coefficient (Wildman–Crippen LogP) is 1.86. The molecular weight excluding hydrogens is 294 g/mol. The number of ether oxygens (including phenoxy) is 1. The first-order chi connectivity index (χ1) is 10.5. The molecule has 0 spiro atoms. The molecule has 1 aromatic carbocycles. The van der Waals surface area contributed by atoms with Crippen molar-refractivity contribution in [3.05, 3.63) is 35.4 Å². The molecule has 3 atom stereocenters. The molecule has 3 N–H and O–H groups in total. The van der Waals surface area contributed by atoms with Gasteiger partial charge >= 0.3 is 6.03 Å². The fourth-order valence-electron chi connectivity index (χ4n) is 2.47. The Balaban J connectivity index is 1.82. The number of carbonyl (C=O) groups is 1. The molecule has 1 fully saturated rings. The Bertz CT molecular complexity index is 501. The molecule has 0 bridgehead atoms. The fraction of sp³-hybridized carbons (Fsp3) is 0.533. The number of aliphatic hydroxyl groups excluding tert-OH is 1. The highest BCUT2D eigenvalue weighted by molar-refractivity contribution is 5.74. The average Bonchev–Trinajstić information content (AvgIpc) is 2.99. The number of halogens is 2. The van der Waals surface area contributed by atoms with Crippen molar-refractivity contribution in [1.29, 1.82) is 0 Å². The van der Waals surface area contributed by atoms with Crippen molar-refractivity contribution < 1.29 is 23.4 Å². The topological polar surface area (TPSA) is 70.6 Å². The van der Waals surface area contributed by atoms with Gasteiger partial charge in [0.05, 0.1) is 17.7 Å². The van der Waals surface area contributed by atoms with Crippen LogP contribution in [0.15, 0.2) is 18.2 Å². The number of amides is 2. The van der Waals surface area contributed by atoms with E-state index in [1.54, 1.807) is 0 Å². The van der Waals surface area contributed by atoms with Crippen LogP contribution in [0.1, 0.15) is 31.4 Å². The minimum absolute atomic E-state index is 0.0281. The molecule has 2 rings (SSSR count). The molecule has 122 valence electrons. The highest BCUT2D eigenvalue weighted by Crippen LogP contribution is 2.20. The van der Waals surface area contributed by atoms with Crippen LogP contribution in [0.5, 0.6) is 0 Å². The fourth-order valence-corrected chi connectivity index (χ4v) is 2.47. The number of hydrogen-bond donors (Lipinski definition) is 3. The lowest BCUT2D eigenvalue weighted by Crippen LogP contribution is -2.46. The Morgan fingerprint density at radius 1 is 1.45 bits per heavy atom. The standard InChI is InChI=1S/C15H20F2N2O3/c1-9(13-6-3-7-22-13)19-15(21)18-8-12(20)14-10(16)4-2-5-11(14)17/h2,4-5,9,12-13,20H,3,6-8H2,1H3,(H2,18,19,21). The molecule has 3 unspecified atom stereocenters. The Kier molecular flexibility index (Phi) is 5.68. The van der Waals surface area contributed by atoms with Gasteiger partial charge in [-0.15, -0.1) is 0 Å². The van der Waals surface area contributed by atoms with Gasteiger partial charge in [-0.2, -0.15) is 0 Å². The summed E-state index contributed by atoms with van der Waals surface area (Å²) in [4.78, 5) is 11.7. The molecule has 7 heteroatoms. The second-order valence-electron chi connectivity index (χ2n) is 5.35. The van der Waals surface area contributed by atoms with Gasteiger partial charge in [-0.25, -0.2) is 13.6 Å². The van der Waals surface area contributed by atoms with Gasteiger partial charge in [-0.05, 0) is 31.9 Å². The highest BCUT2D eigenvalue weighted by atomic mass is 19.1. The summed E-state index contributed by atoms with van der Waals surface area (Å²) >= 11 is 0.